The van der Waals surface area contributed by atoms with Gasteiger partial charge in [-0.15, -0.1) is 11.3 Å². The minimum atomic E-state index is -3.43. The van der Waals surface area contributed by atoms with Gasteiger partial charge in [-0.25, -0.2) is 13.1 Å². The number of likely N-dealkylation sites (N-methyl/N-ethyl adjacent to an activating group) is 1. The molecule has 0 aliphatic carbocycles. The Morgan fingerprint density at radius 3 is 2.52 bits per heavy atom. The Bertz CT molecular complexity index is 680. The van der Waals surface area contributed by atoms with E-state index in [-0.39, 0.29) is 0 Å². The zero-order chi connectivity index (χ0) is 15.5. The molecule has 0 bridgehead atoms. The quantitative estimate of drug-likeness (QED) is 0.825. The van der Waals surface area contributed by atoms with E-state index in [2.05, 4.69) is 20.7 Å². The van der Waals surface area contributed by atoms with Crippen LogP contribution in [-0.4, -0.2) is 28.6 Å². The van der Waals surface area contributed by atoms with Crippen LogP contribution in [0.2, 0.25) is 0 Å². The molecular formula is C14H17BrN2O2S2. The van der Waals surface area contributed by atoms with Crippen molar-refractivity contribution in [3.05, 3.63) is 45.7 Å². The van der Waals surface area contributed by atoms with Gasteiger partial charge in [0.15, 0.2) is 0 Å². The van der Waals surface area contributed by atoms with Gasteiger partial charge in [0.2, 0.25) is 10.0 Å². The van der Waals surface area contributed by atoms with Crippen molar-refractivity contribution in [1.29, 1.82) is 0 Å². The van der Waals surface area contributed by atoms with Crippen LogP contribution in [0.4, 0.5) is 5.69 Å². The average molecular weight is 389 g/mol. The van der Waals surface area contributed by atoms with E-state index in [9.17, 15) is 8.42 Å². The Balaban J connectivity index is 1.93. The molecule has 2 rings (SSSR count). The fourth-order valence-corrected chi connectivity index (χ4v) is 5.09. The molecule has 0 unspecified atom stereocenters. The molecule has 4 nitrogen and oxygen atoms in total. The van der Waals surface area contributed by atoms with Crippen LogP contribution in [0.25, 0.3) is 0 Å². The van der Waals surface area contributed by atoms with Crippen LogP contribution in [0.1, 0.15) is 5.56 Å². The molecule has 1 heterocycles. The number of nitrogens with one attached hydrogen (secondary N) is 1. The first-order valence-corrected chi connectivity index (χ1v) is 9.51. The van der Waals surface area contributed by atoms with Gasteiger partial charge in [0, 0.05) is 25.8 Å². The molecule has 21 heavy (non-hydrogen) atoms. The van der Waals surface area contributed by atoms with Crippen molar-refractivity contribution in [2.24, 2.45) is 0 Å². The predicted molar refractivity (Wildman–Crippen MR) is 91.7 cm³/mol. The van der Waals surface area contributed by atoms with Crippen LogP contribution in [0.5, 0.6) is 0 Å². The molecule has 0 saturated carbocycles. The first-order valence-electron chi connectivity index (χ1n) is 6.42. The number of halogens is 1. The molecule has 1 N–H and O–H groups in total. The normalized spacial score (nSPS) is 11.6. The van der Waals surface area contributed by atoms with Gasteiger partial charge in [0.05, 0.1) is 3.79 Å². The van der Waals surface area contributed by atoms with E-state index in [0.29, 0.717) is 17.3 Å². The molecule has 7 heteroatoms. The van der Waals surface area contributed by atoms with Gasteiger partial charge >= 0.3 is 0 Å². The smallest absolute Gasteiger partial charge is 0.250 e. The number of nitrogens with zero attached hydrogens (tertiary/aromatic N) is 1. The van der Waals surface area contributed by atoms with Crippen molar-refractivity contribution in [1.82, 2.24) is 4.72 Å². The second-order valence-electron chi connectivity index (χ2n) is 4.68. The number of sulfonamides is 1. The number of rotatable bonds is 6. The highest BCUT2D eigenvalue weighted by Gasteiger charge is 2.17. The molecular weight excluding hydrogens is 372 g/mol. The Morgan fingerprint density at radius 2 is 1.95 bits per heavy atom. The minimum Gasteiger partial charge on any atom is -0.373 e. The summed E-state index contributed by atoms with van der Waals surface area (Å²) in [5.41, 5.74) is 1.99. The van der Waals surface area contributed by atoms with E-state index in [4.69, 9.17) is 0 Å². The third-order valence-electron chi connectivity index (χ3n) is 3.04. The number of hydrogen-bond donors (Lipinski definition) is 1. The van der Waals surface area contributed by atoms with Gasteiger partial charge < -0.3 is 4.90 Å². The largest absolute Gasteiger partial charge is 0.373 e. The number of thiophene rings is 1. The van der Waals surface area contributed by atoms with Gasteiger partial charge in [-0.2, -0.15) is 0 Å². The van der Waals surface area contributed by atoms with Crippen molar-refractivity contribution in [2.75, 3.05) is 25.0 Å². The van der Waals surface area contributed by atoms with Gasteiger partial charge in [-0.1, -0.05) is 18.2 Å². The Hall–Kier alpha value is -0.890. The Morgan fingerprint density at radius 1 is 1.29 bits per heavy atom. The third kappa shape index (κ3) is 4.29. The maximum Gasteiger partial charge on any atom is 0.250 e. The molecule has 1 aromatic heterocycles. The summed E-state index contributed by atoms with van der Waals surface area (Å²) >= 11 is 4.58. The maximum absolute atomic E-state index is 12.2. The van der Waals surface area contributed by atoms with Crippen LogP contribution in [0.15, 0.2) is 44.4 Å². The SMILES string of the molecule is Cc1cc(S(=O)(=O)NCCN(C)c2ccccc2)sc1Br. The highest BCUT2D eigenvalue weighted by atomic mass is 79.9. The maximum atomic E-state index is 12.2. The van der Waals surface area contributed by atoms with Gasteiger partial charge in [-0.3, -0.25) is 0 Å². The van der Waals surface area contributed by atoms with Crippen molar-refractivity contribution < 1.29 is 8.42 Å². The van der Waals surface area contributed by atoms with E-state index in [1.54, 1.807) is 6.07 Å². The van der Waals surface area contributed by atoms with Crippen LogP contribution in [0.3, 0.4) is 0 Å². The number of hydrogen-bond acceptors (Lipinski definition) is 4. The lowest BCUT2D eigenvalue weighted by Crippen LogP contribution is -2.32. The highest BCUT2D eigenvalue weighted by molar-refractivity contribution is 9.11. The molecule has 0 aliphatic heterocycles. The Kier molecular flexibility index (Phi) is 5.43. The Labute approximate surface area is 138 Å². The summed E-state index contributed by atoms with van der Waals surface area (Å²) in [5, 5.41) is 0. The van der Waals surface area contributed by atoms with Gasteiger partial charge in [-0.05, 0) is 46.6 Å². The fourth-order valence-electron chi connectivity index (χ4n) is 1.79. The average Bonchev–Trinajstić information content (AvgIpc) is 2.80. The highest BCUT2D eigenvalue weighted by Crippen LogP contribution is 2.30. The van der Waals surface area contributed by atoms with Crippen LogP contribution in [0, 0.1) is 6.92 Å². The molecule has 0 amide bonds. The zero-order valence-corrected chi connectivity index (χ0v) is 15.1. The summed E-state index contributed by atoms with van der Waals surface area (Å²) < 4.78 is 28.2. The lowest BCUT2D eigenvalue weighted by molar-refractivity contribution is 0.583. The summed E-state index contributed by atoms with van der Waals surface area (Å²) in [6.07, 6.45) is 0. The molecule has 0 atom stereocenters. The summed E-state index contributed by atoms with van der Waals surface area (Å²) in [7, 11) is -1.49. The first kappa shape index (κ1) is 16.5. The van der Waals surface area contributed by atoms with Gasteiger partial charge in [0.25, 0.3) is 0 Å². The molecule has 0 spiro atoms. The summed E-state index contributed by atoms with van der Waals surface area (Å²) in [6.45, 7) is 2.85. The second kappa shape index (κ2) is 6.91. The molecule has 0 radical (unpaired) electrons. The zero-order valence-electron chi connectivity index (χ0n) is 11.8. The molecule has 0 fully saturated rings. The van der Waals surface area contributed by atoms with Crippen molar-refractivity contribution in [3.63, 3.8) is 0 Å². The standard InChI is InChI=1S/C14H17BrN2O2S2/c1-11-10-13(20-14(11)15)21(18,19)16-8-9-17(2)12-6-4-3-5-7-12/h3-7,10,16H,8-9H2,1-2H3. The van der Waals surface area contributed by atoms with Crippen LogP contribution >= 0.6 is 27.3 Å². The summed E-state index contributed by atoms with van der Waals surface area (Å²) in [5.74, 6) is 0. The topological polar surface area (TPSA) is 49.4 Å². The molecule has 2 aromatic rings. The van der Waals surface area contributed by atoms with E-state index in [1.807, 2.05) is 49.2 Å². The van der Waals surface area contributed by atoms with E-state index in [0.717, 1.165) is 15.0 Å². The fraction of sp³-hybridized carbons (Fsp3) is 0.286. The number of aryl methyl sites for hydroxylation is 1. The third-order valence-corrected chi connectivity index (χ3v) is 7.11. The predicted octanol–water partition coefficient (Wildman–Crippen LogP) is 3.23. The lowest BCUT2D eigenvalue weighted by atomic mass is 10.3. The number of benzene rings is 1. The van der Waals surface area contributed by atoms with Gasteiger partial charge in [0.1, 0.15) is 4.21 Å². The molecule has 114 valence electrons. The van der Waals surface area contributed by atoms with E-state index < -0.39 is 10.0 Å². The molecule has 0 saturated heterocycles. The number of anilines is 1. The van der Waals surface area contributed by atoms with Crippen LogP contribution < -0.4 is 9.62 Å². The van der Waals surface area contributed by atoms with Crippen molar-refractivity contribution >= 4 is 43.0 Å². The molecule has 0 aliphatic rings. The summed E-state index contributed by atoms with van der Waals surface area (Å²) in [4.78, 5) is 2.01. The first-order chi connectivity index (χ1) is 9.90. The molecule has 1 aromatic carbocycles. The van der Waals surface area contributed by atoms with Crippen molar-refractivity contribution in [2.45, 2.75) is 11.1 Å². The minimum absolute atomic E-state index is 0.342. The van der Waals surface area contributed by atoms with Crippen LogP contribution in [-0.2, 0) is 10.0 Å². The van der Waals surface area contributed by atoms with E-state index in [1.165, 1.54) is 11.3 Å². The lowest BCUT2D eigenvalue weighted by Gasteiger charge is -2.19. The summed E-state index contributed by atoms with van der Waals surface area (Å²) in [6, 6.07) is 11.5. The van der Waals surface area contributed by atoms with Crippen molar-refractivity contribution in [3.8, 4) is 0 Å². The second-order valence-corrected chi connectivity index (χ2v) is 9.04. The number of para-hydroxylation sites is 1. The monoisotopic (exact) mass is 388 g/mol. The van der Waals surface area contributed by atoms with E-state index >= 15 is 0 Å².